The zero-order chi connectivity index (χ0) is 14.4. The number of amides is 2. The summed E-state index contributed by atoms with van der Waals surface area (Å²) in [6.07, 6.45) is -1.37. The molecule has 5 heteroatoms. The highest BCUT2D eigenvalue weighted by molar-refractivity contribution is 5.73. The molecule has 1 aromatic rings. The predicted octanol–water partition coefficient (Wildman–Crippen LogP) is 1.13. The van der Waals surface area contributed by atoms with E-state index in [9.17, 15) is 15.0 Å². The number of benzene rings is 1. The van der Waals surface area contributed by atoms with Crippen molar-refractivity contribution in [2.75, 3.05) is 14.1 Å². The molecule has 0 heterocycles. The molecule has 0 spiro atoms. The second-order valence-corrected chi connectivity index (χ2v) is 4.86. The molecule has 0 radical (unpaired) electrons. The molecule has 0 saturated heterocycles. The largest absolute Gasteiger partial charge is 0.391 e. The highest BCUT2D eigenvalue weighted by Gasteiger charge is 2.21. The topological polar surface area (TPSA) is 72.8 Å². The third kappa shape index (κ3) is 4.89. The lowest BCUT2D eigenvalue weighted by Gasteiger charge is -2.24. The fourth-order valence-corrected chi connectivity index (χ4v) is 1.66. The zero-order valence-electron chi connectivity index (χ0n) is 11.6. The van der Waals surface area contributed by atoms with Crippen molar-refractivity contribution in [1.29, 1.82) is 0 Å². The zero-order valence-corrected chi connectivity index (χ0v) is 11.6. The second kappa shape index (κ2) is 7.11. The van der Waals surface area contributed by atoms with E-state index in [-0.39, 0.29) is 12.5 Å². The van der Waals surface area contributed by atoms with Gasteiger partial charge in [0.2, 0.25) is 0 Å². The van der Waals surface area contributed by atoms with Gasteiger partial charge in [0, 0.05) is 20.5 Å². The van der Waals surface area contributed by atoms with Crippen molar-refractivity contribution in [2.24, 2.45) is 0 Å². The van der Waals surface area contributed by atoms with E-state index < -0.39 is 18.2 Å². The van der Waals surface area contributed by atoms with Crippen LogP contribution in [-0.4, -0.2) is 47.4 Å². The van der Waals surface area contributed by atoms with E-state index in [0.717, 1.165) is 5.56 Å². The summed E-state index contributed by atoms with van der Waals surface area (Å²) in [5, 5.41) is 22.6. The second-order valence-electron chi connectivity index (χ2n) is 4.86. The van der Waals surface area contributed by atoms with Gasteiger partial charge in [-0.05, 0) is 12.5 Å². The molecule has 19 heavy (non-hydrogen) atoms. The number of nitrogens with one attached hydrogen (secondary N) is 1. The van der Waals surface area contributed by atoms with Gasteiger partial charge < -0.3 is 20.4 Å². The first-order valence-electron chi connectivity index (χ1n) is 6.30. The lowest BCUT2D eigenvalue weighted by Crippen LogP contribution is -2.46. The number of hydrogen-bond donors (Lipinski definition) is 3. The number of hydrogen-bond acceptors (Lipinski definition) is 3. The monoisotopic (exact) mass is 266 g/mol. The summed E-state index contributed by atoms with van der Waals surface area (Å²) < 4.78 is 0. The van der Waals surface area contributed by atoms with Gasteiger partial charge in [-0.1, -0.05) is 30.3 Å². The summed E-state index contributed by atoms with van der Waals surface area (Å²) in [5.41, 5.74) is 0.757. The van der Waals surface area contributed by atoms with Gasteiger partial charge in [0.15, 0.2) is 0 Å². The number of rotatable bonds is 5. The Balaban J connectivity index is 2.50. The molecule has 0 fully saturated rings. The van der Waals surface area contributed by atoms with E-state index in [1.54, 1.807) is 33.2 Å². The fourth-order valence-electron chi connectivity index (χ4n) is 1.66. The summed E-state index contributed by atoms with van der Waals surface area (Å²) in [4.78, 5) is 12.9. The molecule has 0 aliphatic rings. The Kier molecular flexibility index (Phi) is 5.79. The summed E-state index contributed by atoms with van der Waals surface area (Å²) in [7, 11) is 3.26. The number of urea groups is 1. The maximum absolute atomic E-state index is 11.5. The Morgan fingerprint density at radius 1 is 1.26 bits per heavy atom. The van der Waals surface area contributed by atoms with E-state index in [4.69, 9.17) is 0 Å². The normalized spacial score (nSPS) is 15.4. The molecular weight excluding hydrogens is 244 g/mol. The molecule has 1 rings (SSSR count). The minimum absolute atomic E-state index is 0.179. The van der Waals surface area contributed by atoms with Crippen LogP contribution in [0.1, 0.15) is 25.0 Å². The van der Waals surface area contributed by atoms with Gasteiger partial charge >= 0.3 is 6.03 Å². The van der Waals surface area contributed by atoms with Crippen LogP contribution in [0.25, 0.3) is 0 Å². The molecular formula is C14H22N2O3. The Bertz CT molecular complexity index is 395. The molecule has 0 aromatic heterocycles. The smallest absolute Gasteiger partial charge is 0.317 e. The van der Waals surface area contributed by atoms with E-state index >= 15 is 0 Å². The maximum atomic E-state index is 11.5. The molecule has 0 unspecified atom stereocenters. The quantitative estimate of drug-likeness (QED) is 0.748. The van der Waals surface area contributed by atoms with Crippen LogP contribution < -0.4 is 5.32 Å². The Morgan fingerprint density at radius 2 is 1.84 bits per heavy atom. The number of nitrogens with zero attached hydrogens (tertiary/aromatic N) is 1. The molecule has 2 amide bonds. The van der Waals surface area contributed by atoms with Gasteiger partial charge in [0.25, 0.3) is 0 Å². The molecule has 5 nitrogen and oxygen atoms in total. The first kappa shape index (κ1) is 15.5. The van der Waals surface area contributed by atoms with Crippen molar-refractivity contribution in [3.8, 4) is 0 Å². The van der Waals surface area contributed by atoms with Gasteiger partial charge in [-0.3, -0.25) is 0 Å². The first-order valence-corrected chi connectivity index (χ1v) is 6.30. The average Bonchev–Trinajstić information content (AvgIpc) is 2.39. The first-order chi connectivity index (χ1) is 8.91. The fraction of sp³-hybridized carbons (Fsp3) is 0.500. The Morgan fingerprint density at radius 3 is 2.37 bits per heavy atom. The van der Waals surface area contributed by atoms with E-state index in [1.165, 1.54) is 4.90 Å². The molecule has 3 N–H and O–H groups in total. The number of carbonyl (C=O) groups is 1. The minimum Gasteiger partial charge on any atom is -0.391 e. The summed E-state index contributed by atoms with van der Waals surface area (Å²) in [6, 6.07) is 8.46. The molecule has 0 bridgehead atoms. The third-order valence-electron chi connectivity index (χ3n) is 2.98. The van der Waals surface area contributed by atoms with Crippen molar-refractivity contribution in [3.05, 3.63) is 35.9 Å². The van der Waals surface area contributed by atoms with Crippen molar-refractivity contribution in [3.63, 3.8) is 0 Å². The highest BCUT2D eigenvalue weighted by Crippen LogP contribution is 2.19. The minimum atomic E-state index is -0.806. The molecule has 3 atom stereocenters. The molecule has 0 aliphatic carbocycles. The van der Waals surface area contributed by atoms with Crippen LogP contribution in [0.2, 0.25) is 0 Å². The average molecular weight is 266 g/mol. The van der Waals surface area contributed by atoms with Crippen LogP contribution in [-0.2, 0) is 0 Å². The van der Waals surface area contributed by atoms with Gasteiger partial charge in [0.1, 0.15) is 0 Å². The summed E-state index contributed by atoms with van der Waals surface area (Å²) >= 11 is 0. The Hall–Kier alpha value is -1.59. The standard InChI is InChI=1S/C14H22N2O3/c1-10(15-14(19)16(2)3)12(17)9-13(18)11-7-5-4-6-8-11/h4-8,10,12-13,17-18H,9H2,1-3H3,(H,15,19)/t10-,12+,13+/m0/s1. The van der Waals surface area contributed by atoms with Crippen LogP contribution >= 0.6 is 0 Å². The number of aliphatic hydroxyl groups is 2. The summed E-state index contributed by atoms with van der Waals surface area (Å²) in [5.74, 6) is 0. The lowest BCUT2D eigenvalue weighted by atomic mass is 10.00. The van der Waals surface area contributed by atoms with Gasteiger partial charge in [0.05, 0.1) is 18.2 Å². The Labute approximate surface area is 113 Å². The molecule has 0 aliphatic heterocycles. The molecule has 0 saturated carbocycles. The lowest BCUT2D eigenvalue weighted by molar-refractivity contribution is 0.0610. The van der Waals surface area contributed by atoms with Gasteiger partial charge in [-0.2, -0.15) is 0 Å². The maximum Gasteiger partial charge on any atom is 0.317 e. The molecule has 106 valence electrons. The number of carbonyl (C=O) groups excluding carboxylic acids is 1. The highest BCUT2D eigenvalue weighted by atomic mass is 16.3. The SMILES string of the molecule is C[C@H](NC(=O)N(C)C)[C@H](O)C[C@@H](O)c1ccccc1. The van der Waals surface area contributed by atoms with Crippen LogP contribution in [0, 0.1) is 0 Å². The van der Waals surface area contributed by atoms with E-state index in [0.29, 0.717) is 0 Å². The molecule has 1 aromatic carbocycles. The van der Waals surface area contributed by atoms with Crippen LogP contribution in [0.5, 0.6) is 0 Å². The van der Waals surface area contributed by atoms with Crippen molar-refractivity contribution in [1.82, 2.24) is 10.2 Å². The van der Waals surface area contributed by atoms with Crippen LogP contribution in [0.15, 0.2) is 30.3 Å². The predicted molar refractivity (Wildman–Crippen MR) is 73.7 cm³/mol. The van der Waals surface area contributed by atoms with Gasteiger partial charge in [-0.15, -0.1) is 0 Å². The van der Waals surface area contributed by atoms with E-state index in [2.05, 4.69) is 5.32 Å². The van der Waals surface area contributed by atoms with Crippen molar-refractivity contribution >= 4 is 6.03 Å². The van der Waals surface area contributed by atoms with Crippen molar-refractivity contribution in [2.45, 2.75) is 31.6 Å². The van der Waals surface area contributed by atoms with E-state index in [1.807, 2.05) is 18.2 Å². The summed E-state index contributed by atoms with van der Waals surface area (Å²) in [6.45, 7) is 1.71. The third-order valence-corrected chi connectivity index (χ3v) is 2.98. The van der Waals surface area contributed by atoms with Crippen LogP contribution in [0.4, 0.5) is 4.79 Å². The van der Waals surface area contributed by atoms with Gasteiger partial charge in [-0.25, -0.2) is 4.79 Å². The van der Waals surface area contributed by atoms with Crippen molar-refractivity contribution < 1.29 is 15.0 Å². The van der Waals surface area contributed by atoms with Crippen LogP contribution in [0.3, 0.4) is 0 Å². The number of aliphatic hydroxyl groups excluding tert-OH is 2.